The van der Waals surface area contributed by atoms with Gasteiger partial charge in [0.1, 0.15) is 0 Å². The zero-order valence-corrected chi connectivity index (χ0v) is 16.8. The number of nitrogens with zero attached hydrogens (tertiary/aromatic N) is 4. The van der Waals surface area contributed by atoms with Gasteiger partial charge in [0.2, 0.25) is 0 Å². The van der Waals surface area contributed by atoms with E-state index in [0.29, 0.717) is 23.0 Å². The smallest absolute Gasteiger partial charge is 0.286 e. The number of nitrogens with one attached hydrogen (secondary N) is 1. The highest BCUT2D eigenvalue weighted by atomic mass is 32.2. The van der Waals surface area contributed by atoms with Gasteiger partial charge in [-0.05, 0) is 44.2 Å². The highest BCUT2D eigenvalue weighted by molar-refractivity contribution is 7.94. The molecule has 2 fully saturated rings. The molecule has 7 nitrogen and oxygen atoms in total. The van der Waals surface area contributed by atoms with E-state index in [9.17, 15) is 9.00 Å². The van der Waals surface area contributed by atoms with Crippen molar-refractivity contribution in [3.8, 4) is 0 Å². The molecule has 1 amide bonds. The fourth-order valence-corrected chi connectivity index (χ4v) is 6.82. The molecule has 2 unspecified atom stereocenters. The molecule has 27 heavy (non-hydrogen) atoms. The van der Waals surface area contributed by atoms with Gasteiger partial charge in [0.15, 0.2) is 5.65 Å². The van der Waals surface area contributed by atoms with Crippen molar-refractivity contribution in [2.75, 3.05) is 18.1 Å². The summed E-state index contributed by atoms with van der Waals surface area (Å²) >= 11 is 0. The Balaban J connectivity index is 1.60. The number of aromatic nitrogens is 3. The van der Waals surface area contributed by atoms with Gasteiger partial charge in [0.25, 0.3) is 5.91 Å². The van der Waals surface area contributed by atoms with E-state index >= 15 is 0 Å². The lowest BCUT2D eigenvalue weighted by molar-refractivity contribution is 0.100. The Morgan fingerprint density at radius 1 is 1.37 bits per heavy atom. The van der Waals surface area contributed by atoms with Crippen LogP contribution in [0.25, 0.3) is 11.0 Å². The van der Waals surface area contributed by atoms with E-state index in [1.54, 1.807) is 12.3 Å². The molecule has 2 aromatic heterocycles. The molecule has 1 N–H and O–H groups in total. The van der Waals surface area contributed by atoms with Crippen LogP contribution in [0.3, 0.4) is 0 Å². The van der Waals surface area contributed by atoms with Crippen molar-refractivity contribution >= 4 is 26.7 Å². The molecule has 0 aromatic carbocycles. The molecule has 4 heterocycles. The maximum Gasteiger partial charge on any atom is 0.286 e. The van der Waals surface area contributed by atoms with E-state index in [1.807, 2.05) is 4.68 Å². The first-order chi connectivity index (χ1) is 12.9. The number of carbonyl (C=O) groups is 1. The van der Waals surface area contributed by atoms with Gasteiger partial charge in [-0.25, -0.2) is 13.9 Å². The van der Waals surface area contributed by atoms with Crippen molar-refractivity contribution in [2.24, 2.45) is 10.3 Å². The molecule has 2 aromatic rings. The average molecular weight is 390 g/mol. The van der Waals surface area contributed by atoms with Gasteiger partial charge in [-0.1, -0.05) is 13.8 Å². The summed E-state index contributed by atoms with van der Waals surface area (Å²) in [5, 5.41) is 8.68. The molecule has 2 aliphatic rings. The monoisotopic (exact) mass is 389 g/mol. The SMILES string of the molecule is CC(C)Cn1ncc2cc(C(=O)N=S3(=O)CCCC4(CCCN4)C3)cnc21. The number of fused-ring (bicyclic) bond motifs is 1. The minimum atomic E-state index is -2.53. The van der Waals surface area contributed by atoms with Crippen LogP contribution in [-0.4, -0.2) is 48.5 Å². The minimum absolute atomic E-state index is 0.0840. The van der Waals surface area contributed by atoms with Crippen molar-refractivity contribution in [1.29, 1.82) is 0 Å². The third kappa shape index (κ3) is 3.78. The van der Waals surface area contributed by atoms with Gasteiger partial charge in [-0.2, -0.15) is 9.46 Å². The predicted molar refractivity (Wildman–Crippen MR) is 106 cm³/mol. The Kier molecular flexibility index (Phi) is 4.80. The van der Waals surface area contributed by atoms with Crippen LogP contribution < -0.4 is 5.32 Å². The van der Waals surface area contributed by atoms with Crippen molar-refractivity contribution in [3.63, 3.8) is 0 Å². The molecule has 0 radical (unpaired) electrons. The van der Waals surface area contributed by atoms with Crippen molar-refractivity contribution in [1.82, 2.24) is 20.1 Å². The number of carbonyl (C=O) groups excluding carboxylic acids is 1. The molecule has 2 atom stereocenters. The van der Waals surface area contributed by atoms with Crippen molar-refractivity contribution in [2.45, 2.75) is 51.6 Å². The lowest BCUT2D eigenvalue weighted by atomic mass is 9.94. The first-order valence-electron chi connectivity index (χ1n) is 9.72. The normalized spacial score (nSPS) is 28.3. The minimum Gasteiger partial charge on any atom is -0.310 e. The molecular formula is C19H27N5O2S. The summed E-state index contributed by atoms with van der Waals surface area (Å²) in [6, 6.07) is 1.76. The van der Waals surface area contributed by atoms with Gasteiger partial charge < -0.3 is 5.32 Å². The van der Waals surface area contributed by atoms with Gasteiger partial charge in [0.05, 0.1) is 27.2 Å². The topological polar surface area (TPSA) is 89.2 Å². The van der Waals surface area contributed by atoms with Crippen LogP contribution >= 0.6 is 0 Å². The molecule has 1 spiro atoms. The Bertz CT molecular complexity index is 981. The fourth-order valence-electron chi connectivity index (χ4n) is 4.27. The van der Waals surface area contributed by atoms with Gasteiger partial charge in [0, 0.05) is 29.4 Å². The summed E-state index contributed by atoms with van der Waals surface area (Å²) in [6.07, 6.45) is 7.25. The van der Waals surface area contributed by atoms with Crippen LogP contribution in [0.15, 0.2) is 22.8 Å². The average Bonchev–Trinajstić information content (AvgIpc) is 3.21. The summed E-state index contributed by atoms with van der Waals surface area (Å²) in [7, 11) is -2.53. The van der Waals surface area contributed by atoms with Crippen LogP contribution in [-0.2, 0) is 16.3 Å². The molecule has 2 aliphatic heterocycles. The number of rotatable bonds is 3. The maximum atomic E-state index is 13.3. The second-order valence-corrected chi connectivity index (χ2v) is 10.7. The Morgan fingerprint density at radius 2 is 2.19 bits per heavy atom. The first-order valence-corrected chi connectivity index (χ1v) is 11.6. The first kappa shape index (κ1) is 18.6. The van der Waals surface area contributed by atoms with Gasteiger partial charge in [-0.15, -0.1) is 0 Å². The number of amides is 1. The van der Waals surface area contributed by atoms with Gasteiger partial charge >= 0.3 is 0 Å². The predicted octanol–water partition coefficient (Wildman–Crippen LogP) is 2.61. The highest BCUT2D eigenvalue weighted by Gasteiger charge is 2.40. The van der Waals surface area contributed by atoms with Crippen LogP contribution in [0, 0.1) is 5.92 Å². The Hall–Kier alpha value is -1.80. The quantitative estimate of drug-likeness (QED) is 0.872. The fraction of sp³-hybridized carbons (Fsp3) is 0.632. The maximum absolute atomic E-state index is 13.3. The molecule has 0 aliphatic carbocycles. The second-order valence-electron chi connectivity index (χ2n) is 8.29. The molecule has 0 bridgehead atoms. The van der Waals surface area contributed by atoms with E-state index in [1.165, 1.54) is 6.20 Å². The largest absolute Gasteiger partial charge is 0.310 e. The van der Waals surface area contributed by atoms with Crippen LogP contribution in [0.5, 0.6) is 0 Å². The summed E-state index contributed by atoms with van der Waals surface area (Å²) in [5.74, 6) is 1.01. The van der Waals surface area contributed by atoms with Gasteiger partial charge in [-0.3, -0.25) is 4.79 Å². The molecule has 146 valence electrons. The van der Waals surface area contributed by atoms with E-state index < -0.39 is 15.6 Å². The van der Waals surface area contributed by atoms with E-state index in [0.717, 1.165) is 49.8 Å². The summed E-state index contributed by atoms with van der Waals surface area (Å²) in [5.41, 5.74) is 1.06. The number of pyridine rings is 1. The Morgan fingerprint density at radius 3 is 2.93 bits per heavy atom. The Labute approximate surface area is 160 Å². The zero-order chi connectivity index (χ0) is 19.1. The standard InChI is InChI=1S/C19H27N5O2S/c1-14(2)12-24-17-15(11-22-24)9-16(10-20-17)18(25)23-27(26)8-4-6-19(13-27)5-3-7-21-19/h9-11,14,21H,3-8,12-13H2,1-2H3. The number of hydrogen-bond acceptors (Lipinski definition) is 5. The molecule has 8 heteroatoms. The lowest BCUT2D eigenvalue weighted by Gasteiger charge is -2.35. The van der Waals surface area contributed by atoms with Crippen molar-refractivity contribution < 1.29 is 9.00 Å². The summed E-state index contributed by atoms with van der Waals surface area (Å²) in [6.45, 7) is 5.98. The third-order valence-corrected chi connectivity index (χ3v) is 7.89. The molecule has 2 saturated heterocycles. The van der Waals surface area contributed by atoms with Crippen LogP contribution in [0.2, 0.25) is 0 Å². The van der Waals surface area contributed by atoms with E-state index in [4.69, 9.17) is 0 Å². The zero-order valence-electron chi connectivity index (χ0n) is 16.0. The van der Waals surface area contributed by atoms with Crippen LogP contribution in [0.1, 0.15) is 49.9 Å². The van der Waals surface area contributed by atoms with E-state index in [-0.39, 0.29) is 5.54 Å². The second kappa shape index (κ2) is 6.98. The molecular weight excluding hydrogens is 362 g/mol. The summed E-state index contributed by atoms with van der Waals surface area (Å²) in [4.78, 5) is 17.1. The van der Waals surface area contributed by atoms with E-state index in [2.05, 4.69) is 33.6 Å². The highest BCUT2D eigenvalue weighted by Crippen LogP contribution is 2.32. The van der Waals surface area contributed by atoms with Crippen LogP contribution in [0.4, 0.5) is 0 Å². The molecule has 0 saturated carbocycles. The number of hydrogen-bond donors (Lipinski definition) is 1. The lowest BCUT2D eigenvalue weighted by Crippen LogP contribution is -2.49. The molecule has 4 rings (SSSR count). The third-order valence-electron chi connectivity index (χ3n) is 5.46. The van der Waals surface area contributed by atoms with Crippen molar-refractivity contribution in [3.05, 3.63) is 24.0 Å². The summed E-state index contributed by atoms with van der Waals surface area (Å²) < 4.78 is 19.3.